The summed E-state index contributed by atoms with van der Waals surface area (Å²) in [4.78, 5) is 2.38. The highest BCUT2D eigenvalue weighted by molar-refractivity contribution is 6.06. The van der Waals surface area contributed by atoms with E-state index in [0.29, 0.717) is 0 Å². The van der Waals surface area contributed by atoms with E-state index in [4.69, 9.17) is 4.42 Å². The van der Waals surface area contributed by atoms with Gasteiger partial charge in [0.15, 0.2) is 0 Å². The summed E-state index contributed by atoms with van der Waals surface area (Å²) in [5.41, 5.74) is 9.93. The topological polar surface area (TPSA) is 16.4 Å². The van der Waals surface area contributed by atoms with E-state index >= 15 is 0 Å². The Bertz CT molecular complexity index is 2530. The highest BCUT2D eigenvalue weighted by Crippen LogP contribution is 2.41. The van der Waals surface area contributed by atoms with E-state index in [2.05, 4.69) is 169 Å². The van der Waals surface area contributed by atoms with E-state index in [1.54, 1.807) is 0 Å². The predicted octanol–water partition coefficient (Wildman–Crippen LogP) is 12.7. The molecule has 2 heteroatoms. The Morgan fingerprint density at radius 1 is 0.348 bits per heavy atom. The summed E-state index contributed by atoms with van der Waals surface area (Å²) in [5, 5.41) is 7.21. The molecule has 0 radical (unpaired) electrons. The van der Waals surface area contributed by atoms with Gasteiger partial charge in [-0.3, -0.25) is 0 Å². The second kappa shape index (κ2) is 10.8. The maximum Gasteiger partial charge on any atom is 0.135 e. The lowest BCUT2D eigenvalue weighted by molar-refractivity contribution is 0.669. The number of furan rings is 1. The van der Waals surface area contributed by atoms with Gasteiger partial charge in [-0.15, -0.1) is 0 Å². The monoisotopic (exact) mass is 587 g/mol. The quantitative estimate of drug-likeness (QED) is 0.199. The molecule has 1 aromatic heterocycles. The first-order valence-electron chi connectivity index (χ1n) is 15.7. The Morgan fingerprint density at radius 2 is 0.957 bits per heavy atom. The summed E-state index contributed by atoms with van der Waals surface area (Å²) < 4.78 is 6.12. The number of para-hydroxylation sites is 1. The zero-order chi connectivity index (χ0) is 30.5. The van der Waals surface area contributed by atoms with E-state index in [1.165, 1.54) is 32.7 Å². The van der Waals surface area contributed by atoms with Gasteiger partial charge in [0.05, 0.1) is 5.69 Å². The fourth-order valence-electron chi connectivity index (χ4n) is 6.83. The fourth-order valence-corrected chi connectivity index (χ4v) is 6.83. The lowest BCUT2D eigenvalue weighted by Gasteiger charge is -2.27. The molecule has 0 fully saturated rings. The molecule has 9 rings (SSSR count). The molecule has 0 amide bonds. The van der Waals surface area contributed by atoms with Crippen molar-refractivity contribution >= 4 is 60.5 Å². The van der Waals surface area contributed by atoms with Crippen LogP contribution in [0.1, 0.15) is 0 Å². The normalized spacial score (nSPS) is 11.5. The number of anilines is 3. The van der Waals surface area contributed by atoms with Crippen LogP contribution in [-0.2, 0) is 0 Å². The molecule has 0 saturated carbocycles. The van der Waals surface area contributed by atoms with E-state index in [-0.39, 0.29) is 0 Å². The minimum Gasteiger partial charge on any atom is -0.456 e. The number of fused-ring (bicyclic) bond motifs is 5. The first-order chi connectivity index (χ1) is 22.8. The van der Waals surface area contributed by atoms with Crippen molar-refractivity contribution < 1.29 is 4.42 Å². The average Bonchev–Trinajstić information content (AvgIpc) is 3.50. The molecule has 2 nitrogen and oxygen atoms in total. The van der Waals surface area contributed by atoms with E-state index in [1.807, 2.05) is 12.1 Å². The highest BCUT2D eigenvalue weighted by atomic mass is 16.3. The molecule has 9 aromatic rings. The summed E-state index contributed by atoms with van der Waals surface area (Å²) in [6.07, 6.45) is 0. The van der Waals surface area contributed by atoms with Crippen LogP contribution in [0.15, 0.2) is 180 Å². The van der Waals surface area contributed by atoms with Crippen molar-refractivity contribution in [3.05, 3.63) is 176 Å². The maximum atomic E-state index is 6.12. The van der Waals surface area contributed by atoms with Gasteiger partial charge in [0.25, 0.3) is 0 Å². The predicted molar refractivity (Wildman–Crippen MR) is 194 cm³/mol. The molecule has 0 saturated heterocycles. The van der Waals surface area contributed by atoms with Gasteiger partial charge in [-0.25, -0.2) is 0 Å². The van der Waals surface area contributed by atoms with Crippen LogP contribution in [0, 0.1) is 0 Å². The molecule has 216 valence electrons. The van der Waals surface area contributed by atoms with E-state index in [0.717, 1.165) is 50.1 Å². The van der Waals surface area contributed by atoms with Crippen LogP contribution in [0.3, 0.4) is 0 Å². The van der Waals surface area contributed by atoms with E-state index in [9.17, 15) is 0 Å². The molecule has 1 heterocycles. The second-order valence-corrected chi connectivity index (χ2v) is 11.8. The maximum absolute atomic E-state index is 6.12. The lowest BCUT2D eigenvalue weighted by atomic mass is 9.97. The van der Waals surface area contributed by atoms with Crippen molar-refractivity contribution in [1.29, 1.82) is 0 Å². The minimum atomic E-state index is 0.907. The molecule has 0 aliphatic carbocycles. The van der Waals surface area contributed by atoms with Gasteiger partial charge in [0, 0.05) is 27.5 Å². The zero-order valence-corrected chi connectivity index (χ0v) is 25.1. The van der Waals surface area contributed by atoms with Crippen LogP contribution < -0.4 is 4.90 Å². The van der Waals surface area contributed by atoms with Gasteiger partial charge in [-0.2, -0.15) is 0 Å². The third-order valence-corrected chi connectivity index (χ3v) is 9.05. The van der Waals surface area contributed by atoms with Crippen LogP contribution in [-0.4, -0.2) is 0 Å². The SMILES string of the molecule is c1cc(-c2ccc3oc4ccccc4c3c2)cc(N(c2ccc(-c3cccc4ccccc34)cc2)c2cccc3ccccc23)c1. The standard InChI is InChI=1S/C44H29NO/c1-3-16-37-30(10-1)12-8-19-38(37)32-22-25-35(26-23-32)45(42-20-9-13-31-11-2-4-17-39(31)42)36-15-7-14-33(28-36)34-24-27-44-41(29-34)40-18-5-6-21-43(40)46-44/h1-29H. The van der Waals surface area contributed by atoms with Gasteiger partial charge in [-0.05, 0) is 86.9 Å². The van der Waals surface area contributed by atoms with Crippen LogP contribution in [0.2, 0.25) is 0 Å². The number of nitrogens with zero attached hydrogens (tertiary/aromatic N) is 1. The van der Waals surface area contributed by atoms with Crippen LogP contribution in [0.4, 0.5) is 17.1 Å². The summed E-state index contributed by atoms with van der Waals surface area (Å²) in [6.45, 7) is 0. The zero-order valence-electron chi connectivity index (χ0n) is 25.1. The molecule has 0 N–H and O–H groups in total. The van der Waals surface area contributed by atoms with Crippen molar-refractivity contribution in [2.45, 2.75) is 0 Å². The number of hydrogen-bond acceptors (Lipinski definition) is 2. The fraction of sp³-hybridized carbons (Fsp3) is 0. The Morgan fingerprint density at radius 3 is 1.80 bits per heavy atom. The Kier molecular flexibility index (Phi) is 6.17. The minimum absolute atomic E-state index is 0.907. The Hall–Kier alpha value is -6.12. The summed E-state index contributed by atoms with van der Waals surface area (Å²) in [5.74, 6) is 0. The Balaban J connectivity index is 1.19. The van der Waals surface area contributed by atoms with Gasteiger partial charge >= 0.3 is 0 Å². The van der Waals surface area contributed by atoms with E-state index < -0.39 is 0 Å². The lowest BCUT2D eigenvalue weighted by Crippen LogP contribution is -2.10. The molecule has 0 bridgehead atoms. The summed E-state index contributed by atoms with van der Waals surface area (Å²) in [6, 6.07) is 62.9. The van der Waals surface area contributed by atoms with Gasteiger partial charge < -0.3 is 9.32 Å². The summed E-state index contributed by atoms with van der Waals surface area (Å²) in [7, 11) is 0. The molecule has 0 aliphatic heterocycles. The van der Waals surface area contributed by atoms with Crippen molar-refractivity contribution in [1.82, 2.24) is 0 Å². The van der Waals surface area contributed by atoms with Crippen molar-refractivity contribution in [3.63, 3.8) is 0 Å². The average molecular weight is 588 g/mol. The second-order valence-electron chi connectivity index (χ2n) is 11.8. The molecule has 8 aromatic carbocycles. The Labute approximate surface area is 267 Å². The molecular formula is C44H29NO. The molecule has 0 spiro atoms. The highest BCUT2D eigenvalue weighted by Gasteiger charge is 2.17. The van der Waals surface area contributed by atoms with Crippen molar-refractivity contribution in [2.24, 2.45) is 0 Å². The molecular weight excluding hydrogens is 558 g/mol. The molecule has 0 unspecified atom stereocenters. The smallest absolute Gasteiger partial charge is 0.135 e. The van der Waals surface area contributed by atoms with Crippen molar-refractivity contribution in [3.8, 4) is 22.3 Å². The number of benzene rings is 8. The first kappa shape index (κ1) is 26.3. The number of hydrogen-bond donors (Lipinski definition) is 0. The third-order valence-electron chi connectivity index (χ3n) is 9.05. The molecule has 0 atom stereocenters. The van der Waals surface area contributed by atoms with Gasteiger partial charge in [-0.1, -0.05) is 127 Å². The summed E-state index contributed by atoms with van der Waals surface area (Å²) >= 11 is 0. The third kappa shape index (κ3) is 4.43. The van der Waals surface area contributed by atoms with Crippen LogP contribution in [0.5, 0.6) is 0 Å². The van der Waals surface area contributed by atoms with Gasteiger partial charge in [0.1, 0.15) is 11.2 Å². The first-order valence-corrected chi connectivity index (χ1v) is 15.7. The van der Waals surface area contributed by atoms with Crippen LogP contribution in [0.25, 0.3) is 65.7 Å². The van der Waals surface area contributed by atoms with Crippen molar-refractivity contribution in [2.75, 3.05) is 4.90 Å². The molecule has 0 aliphatic rings. The number of rotatable bonds is 5. The van der Waals surface area contributed by atoms with Gasteiger partial charge in [0.2, 0.25) is 0 Å². The van der Waals surface area contributed by atoms with Crippen LogP contribution >= 0.6 is 0 Å². The largest absolute Gasteiger partial charge is 0.456 e. The molecule has 46 heavy (non-hydrogen) atoms.